The maximum Gasteiger partial charge on any atom is 0.417 e. The van der Waals surface area contributed by atoms with Gasteiger partial charge in [0.25, 0.3) is 11.6 Å². The minimum atomic E-state index is -0.0256. The van der Waals surface area contributed by atoms with Crippen LogP contribution in [-0.2, 0) is 0 Å². The van der Waals surface area contributed by atoms with Gasteiger partial charge < -0.3 is 14.6 Å². The second kappa shape index (κ2) is 9.96. The van der Waals surface area contributed by atoms with Crippen molar-refractivity contribution in [2.24, 2.45) is 10.2 Å². The zero-order valence-electron chi connectivity index (χ0n) is 18.1. The van der Waals surface area contributed by atoms with E-state index >= 15 is 0 Å². The molecule has 0 bridgehead atoms. The molecule has 0 fully saturated rings. The molecule has 31 heavy (non-hydrogen) atoms. The van der Waals surface area contributed by atoms with E-state index in [9.17, 15) is 0 Å². The lowest BCUT2D eigenvalue weighted by atomic mass is 10.2. The summed E-state index contributed by atoms with van der Waals surface area (Å²) >= 11 is 1.47. The highest BCUT2D eigenvalue weighted by molar-refractivity contribution is 7.19. The highest BCUT2D eigenvalue weighted by Gasteiger charge is 2.26. The van der Waals surface area contributed by atoms with Crippen molar-refractivity contribution in [2.45, 2.75) is 40.2 Å². The number of rotatable bonds is 8. The minimum Gasteiger partial charge on any atom is -0.373 e. The summed E-state index contributed by atoms with van der Waals surface area (Å²) in [5.41, 5.74) is 1.72. The van der Waals surface area contributed by atoms with Crippen molar-refractivity contribution in [1.82, 2.24) is 14.5 Å². The van der Waals surface area contributed by atoms with E-state index in [0.29, 0.717) is 5.00 Å². The highest BCUT2D eigenvalue weighted by Crippen LogP contribution is 2.42. The quantitative estimate of drug-likeness (QED) is 0.276. The van der Waals surface area contributed by atoms with E-state index in [2.05, 4.69) is 43.6 Å². The lowest BCUT2D eigenvalue weighted by Gasteiger charge is -2.16. The Kier molecular flexibility index (Phi) is 7.11. The van der Waals surface area contributed by atoms with Crippen LogP contribution in [0.25, 0.3) is 20.9 Å². The molecular formula is C22H24N8S. The standard InChI is InChI=1S/C22H24N8S/c1-7-15(4)30-19(24-6)18(23-5)26-21(30)28-27-20-17(16-13-11-10-12-14-16)25-22(31-20)29(8-2)9-3/h10-15H,7-9H2,1-4H3. The molecule has 0 saturated heterocycles. The van der Waals surface area contributed by atoms with Crippen LogP contribution in [0.15, 0.2) is 40.6 Å². The summed E-state index contributed by atoms with van der Waals surface area (Å²) < 4.78 is 1.69. The van der Waals surface area contributed by atoms with Crippen LogP contribution < -0.4 is 4.90 Å². The molecule has 3 rings (SSSR count). The zero-order valence-corrected chi connectivity index (χ0v) is 18.9. The molecule has 0 radical (unpaired) electrons. The van der Waals surface area contributed by atoms with Crippen molar-refractivity contribution in [1.29, 1.82) is 0 Å². The fourth-order valence-corrected chi connectivity index (χ4v) is 4.15. The molecule has 2 heterocycles. The van der Waals surface area contributed by atoms with Crippen LogP contribution in [0.1, 0.15) is 40.2 Å². The van der Waals surface area contributed by atoms with Crippen LogP contribution in [0.3, 0.4) is 0 Å². The van der Waals surface area contributed by atoms with Crippen molar-refractivity contribution in [2.75, 3.05) is 18.0 Å². The number of benzene rings is 1. The maximum atomic E-state index is 7.48. The van der Waals surface area contributed by atoms with Crippen molar-refractivity contribution >= 4 is 39.1 Å². The number of nitrogens with zero attached hydrogens (tertiary/aromatic N) is 8. The third-order valence-corrected chi connectivity index (χ3v) is 6.00. The summed E-state index contributed by atoms with van der Waals surface area (Å²) in [5.74, 6) is 0.526. The van der Waals surface area contributed by atoms with E-state index < -0.39 is 0 Å². The molecule has 1 aromatic carbocycles. The van der Waals surface area contributed by atoms with Gasteiger partial charge in [0.1, 0.15) is 5.69 Å². The number of hydrogen-bond acceptors (Lipinski definition) is 6. The average Bonchev–Trinajstić information content (AvgIpc) is 3.39. The van der Waals surface area contributed by atoms with Gasteiger partial charge in [0, 0.05) is 18.7 Å². The number of azo groups is 1. The Hall–Kier alpha value is -3.56. The number of thiazole rings is 1. The molecule has 9 heteroatoms. The SMILES string of the molecule is [C-]#[N+]c1nc(N=Nc2sc(N(CC)CC)nc2-c2ccccc2)n(C(C)CC)c1[N+]#[C-]. The summed E-state index contributed by atoms with van der Waals surface area (Å²) in [6.45, 7) is 24.7. The van der Waals surface area contributed by atoms with Crippen molar-refractivity contribution in [3.63, 3.8) is 0 Å². The van der Waals surface area contributed by atoms with Crippen molar-refractivity contribution in [3.8, 4) is 11.3 Å². The molecular weight excluding hydrogens is 408 g/mol. The van der Waals surface area contributed by atoms with Gasteiger partial charge in [-0.05, 0) is 27.2 Å². The predicted molar refractivity (Wildman–Crippen MR) is 125 cm³/mol. The van der Waals surface area contributed by atoms with Gasteiger partial charge in [-0.1, -0.05) is 71.8 Å². The number of aromatic nitrogens is 3. The minimum absolute atomic E-state index is 0.0256. The van der Waals surface area contributed by atoms with Crippen molar-refractivity contribution in [3.05, 3.63) is 53.2 Å². The van der Waals surface area contributed by atoms with Crippen LogP contribution in [0.5, 0.6) is 0 Å². The molecule has 0 spiro atoms. The van der Waals surface area contributed by atoms with Crippen LogP contribution in [0.2, 0.25) is 0 Å². The molecule has 1 unspecified atom stereocenters. The lowest BCUT2D eigenvalue weighted by molar-refractivity contribution is 0.540. The Labute approximate surface area is 186 Å². The Morgan fingerprint density at radius 3 is 2.35 bits per heavy atom. The summed E-state index contributed by atoms with van der Waals surface area (Å²) in [7, 11) is 0. The van der Waals surface area contributed by atoms with E-state index in [1.807, 2.05) is 44.2 Å². The summed E-state index contributed by atoms with van der Waals surface area (Å²) in [4.78, 5) is 18.2. The lowest BCUT2D eigenvalue weighted by Crippen LogP contribution is -2.21. The second-order valence-electron chi connectivity index (χ2n) is 6.80. The van der Waals surface area contributed by atoms with Crippen molar-refractivity contribution < 1.29 is 0 Å². The van der Waals surface area contributed by atoms with Crippen LogP contribution >= 0.6 is 11.3 Å². The fraction of sp³-hybridized carbons (Fsp3) is 0.364. The van der Waals surface area contributed by atoms with E-state index in [1.165, 1.54) is 11.3 Å². The first-order valence-electron chi connectivity index (χ1n) is 10.2. The number of hydrogen-bond donors (Lipinski definition) is 0. The molecule has 3 aromatic rings. The molecule has 0 N–H and O–H groups in total. The first-order valence-corrected chi connectivity index (χ1v) is 11.0. The molecule has 2 aromatic heterocycles. The Bertz CT molecular complexity index is 1140. The van der Waals surface area contributed by atoms with Crippen LogP contribution in [0.4, 0.5) is 27.7 Å². The van der Waals surface area contributed by atoms with Crippen LogP contribution in [-0.4, -0.2) is 27.6 Å². The number of imidazole rings is 1. The maximum absolute atomic E-state index is 7.48. The summed E-state index contributed by atoms with van der Waals surface area (Å²) in [6.07, 6.45) is 0.779. The molecule has 8 nitrogen and oxygen atoms in total. The number of anilines is 1. The smallest absolute Gasteiger partial charge is 0.373 e. The van der Waals surface area contributed by atoms with Gasteiger partial charge in [0.15, 0.2) is 10.1 Å². The van der Waals surface area contributed by atoms with Gasteiger partial charge in [-0.3, -0.25) is 0 Å². The van der Waals surface area contributed by atoms with Gasteiger partial charge >= 0.3 is 5.95 Å². The van der Waals surface area contributed by atoms with E-state index in [0.717, 1.165) is 35.9 Å². The second-order valence-corrected chi connectivity index (χ2v) is 7.75. The predicted octanol–water partition coefficient (Wildman–Crippen LogP) is 7.34. The first-order chi connectivity index (χ1) is 15.1. The summed E-state index contributed by atoms with van der Waals surface area (Å²) in [5, 5.41) is 10.4. The van der Waals surface area contributed by atoms with Gasteiger partial charge in [-0.15, -0.1) is 5.11 Å². The molecule has 0 amide bonds. The van der Waals surface area contributed by atoms with Gasteiger partial charge in [0.2, 0.25) is 0 Å². The van der Waals surface area contributed by atoms with Gasteiger partial charge in [0.05, 0.1) is 6.04 Å². The zero-order chi connectivity index (χ0) is 22.4. The fourth-order valence-electron chi connectivity index (χ4n) is 3.11. The Morgan fingerprint density at radius 1 is 1.06 bits per heavy atom. The largest absolute Gasteiger partial charge is 0.417 e. The third kappa shape index (κ3) is 4.47. The molecule has 1 atom stereocenters. The molecule has 0 aliphatic heterocycles. The molecule has 158 valence electrons. The molecule has 0 aliphatic rings. The monoisotopic (exact) mass is 432 g/mol. The van der Waals surface area contributed by atoms with Crippen LogP contribution in [0, 0.1) is 13.1 Å². The first kappa shape index (κ1) is 22.1. The van der Waals surface area contributed by atoms with E-state index in [-0.39, 0.29) is 23.6 Å². The normalized spacial score (nSPS) is 11.9. The van der Waals surface area contributed by atoms with E-state index in [1.54, 1.807) is 4.57 Å². The average molecular weight is 433 g/mol. The van der Waals surface area contributed by atoms with Gasteiger partial charge in [-0.2, -0.15) is 0 Å². The molecule has 0 aliphatic carbocycles. The van der Waals surface area contributed by atoms with Gasteiger partial charge in [-0.25, -0.2) is 9.55 Å². The Balaban J connectivity index is 2.12. The van der Waals surface area contributed by atoms with E-state index in [4.69, 9.17) is 18.1 Å². The molecule has 0 saturated carbocycles. The Morgan fingerprint density at radius 2 is 1.77 bits per heavy atom. The summed E-state index contributed by atoms with van der Waals surface area (Å²) in [6, 6.07) is 9.85. The topological polar surface area (TPSA) is 67.4 Å². The highest BCUT2D eigenvalue weighted by atomic mass is 32.1. The third-order valence-electron chi connectivity index (χ3n) is 5.00.